The number of hydrogen-bond donors (Lipinski definition) is 0. The third-order valence-corrected chi connectivity index (χ3v) is 6.13. The van der Waals surface area contributed by atoms with Gasteiger partial charge in [0, 0.05) is 32.2 Å². The number of aryl methyl sites for hydroxylation is 1. The van der Waals surface area contributed by atoms with Gasteiger partial charge in [0.05, 0.1) is 6.54 Å². The van der Waals surface area contributed by atoms with Gasteiger partial charge < -0.3 is 4.90 Å². The molecule has 0 amide bonds. The Labute approximate surface area is 174 Å². The van der Waals surface area contributed by atoms with Crippen LogP contribution < -0.4 is 16.1 Å². The van der Waals surface area contributed by atoms with Crippen LogP contribution in [-0.2, 0) is 20.6 Å². The number of imidazole rings is 1. The lowest BCUT2D eigenvalue weighted by Gasteiger charge is -2.35. The second-order valence-electron chi connectivity index (χ2n) is 8.32. The van der Waals surface area contributed by atoms with Crippen LogP contribution in [0.5, 0.6) is 0 Å². The summed E-state index contributed by atoms with van der Waals surface area (Å²) in [6.45, 7) is 6.62. The van der Waals surface area contributed by atoms with Crippen molar-refractivity contribution in [1.29, 1.82) is 0 Å². The molecule has 0 bridgehead atoms. The van der Waals surface area contributed by atoms with Crippen molar-refractivity contribution < 1.29 is 0 Å². The Bertz CT molecular complexity index is 1180. The number of fused-ring (bicyclic) bond motifs is 1. The van der Waals surface area contributed by atoms with Gasteiger partial charge in [0.1, 0.15) is 0 Å². The summed E-state index contributed by atoms with van der Waals surface area (Å²) in [5.74, 6) is 1.77. The fourth-order valence-corrected chi connectivity index (χ4v) is 4.64. The van der Waals surface area contributed by atoms with Gasteiger partial charge in [-0.05, 0) is 29.9 Å². The molecule has 7 nitrogen and oxygen atoms in total. The molecule has 29 heavy (non-hydrogen) atoms. The number of halogens is 1. The van der Waals surface area contributed by atoms with E-state index < -0.39 is 0 Å². The first kappa shape index (κ1) is 19.8. The van der Waals surface area contributed by atoms with Crippen molar-refractivity contribution in [2.45, 2.75) is 26.8 Å². The van der Waals surface area contributed by atoms with Crippen molar-refractivity contribution in [3.8, 4) is 0 Å². The molecule has 0 radical (unpaired) electrons. The van der Waals surface area contributed by atoms with Crippen LogP contribution in [0.4, 0.5) is 5.95 Å². The molecular weight excluding hydrogens is 390 g/mol. The van der Waals surface area contributed by atoms with Gasteiger partial charge in [0.2, 0.25) is 5.95 Å². The third-order valence-electron chi connectivity index (χ3n) is 5.77. The van der Waals surface area contributed by atoms with E-state index in [1.54, 1.807) is 7.05 Å². The van der Waals surface area contributed by atoms with Crippen molar-refractivity contribution in [3.05, 3.63) is 55.7 Å². The molecule has 0 aliphatic carbocycles. The molecule has 1 aliphatic rings. The number of nitrogens with zero attached hydrogens (tertiary/aromatic N) is 5. The molecule has 4 rings (SSSR count). The van der Waals surface area contributed by atoms with E-state index in [-0.39, 0.29) is 11.2 Å². The van der Waals surface area contributed by atoms with Gasteiger partial charge in [0.15, 0.2) is 11.2 Å². The minimum Gasteiger partial charge on any atom is -0.342 e. The maximum Gasteiger partial charge on any atom is 0.332 e. The highest BCUT2D eigenvalue weighted by molar-refractivity contribution is 6.31. The Morgan fingerprint density at radius 2 is 1.72 bits per heavy atom. The van der Waals surface area contributed by atoms with Gasteiger partial charge in [-0.1, -0.05) is 43.6 Å². The summed E-state index contributed by atoms with van der Waals surface area (Å²) in [4.78, 5) is 32.5. The highest BCUT2D eigenvalue weighted by Gasteiger charge is 2.28. The lowest BCUT2D eigenvalue weighted by molar-refractivity contribution is 0.352. The van der Waals surface area contributed by atoms with Crippen LogP contribution in [0, 0.1) is 11.8 Å². The van der Waals surface area contributed by atoms with Crippen LogP contribution >= 0.6 is 11.6 Å². The van der Waals surface area contributed by atoms with Crippen molar-refractivity contribution in [1.82, 2.24) is 18.7 Å². The normalized spacial score (nSPS) is 19.8. The lowest BCUT2D eigenvalue weighted by atomic mass is 9.92. The van der Waals surface area contributed by atoms with Gasteiger partial charge in [0.25, 0.3) is 5.56 Å². The Balaban J connectivity index is 1.98. The molecule has 0 spiro atoms. The monoisotopic (exact) mass is 415 g/mol. The molecule has 2 atom stereocenters. The van der Waals surface area contributed by atoms with Gasteiger partial charge in [-0.2, -0.15) is 4.98 Å². The first-order chi connectivity index (χ1) is 13.8. The van der Waals surface area contributed by atoms with E-state index >= 15 is 0 Å². The summed E-state index contributed by atoms with van der Waals surface area (Å²) >= 11 is 6.42. The lowest BCUT2D eigenvalue weighted by Crippen LogP contribution is -2.40. The van der Waals surface area contributed by atoms with Gasteiger partial charge in [-0.3, -0.25) is 18.5 Å². The van der Waals surface area contributed by atoms with Crippen LogP contribution in [0.2, 0.25) is 5.02 Å². The van der Waals surface area contributed by atoms with E-state index in [9.17, 15) is 9.59 Å². The van der Waals surface area contributed by atoms with Crippen LogP contribution in [-0.4, -0.2) is 31.8 Å². The van der Waals surface area contributed by atoms with Crippen LogP contribution in [0.25, 0.3) is 11.2 Å². The smallest absolute Gasteiger partial charge is 0.332 e. The quantitative estimate of drug-likeness (QED) is 0.659. The van der Waals surface area contributed by atoms with Gasteiger partial charge in [-0.25, -0.2) is 4.79 Å². The molecule has 0 unspecified atom stereocenters. The summed E-state index contributed by atoms with van der Waals surface area (Å²) in [5, 5.41) is 0.641. The van der Waals surface area contributed by atoms with E-state index in [0.29, 0.717) is 34.6 Å². The zero-order valence-corrected chi connectivity index (χ0v) is 18.0. The fourth-order valence-electron chi connectivity index (χ4n) is 4.45. The Morgan fingerprint density at radius 1 is 1.07 bits per heavy atom. The highest BCUT2D eigenvalue weighted by atomic mass is 35.5. The van der Waals surface area contributed by atoms with Crippen molar-refractivity contribution in [3.63, 3.8) is 0 Å². The molecule has 1 fully saturated rings. The zero-order chi connectivity index (χ0) is 20.9. The molecule has 3 heterocycles. The largest absolute Gasteiger partial charge is 0.342 e. The Morgan fingerprint density at radius 3 is 2.38 bits per heavy atom. The van der Waals surface area contributed by atoms with E-state index in [0.717, 1.165) is 29.2 Å². The van der Waals surface area contributed by atoms with E-state index in [4.69, 9.17) is 16.6 Å². The molecule has 8 heteroatoms. The topological polar surface area (TPSA) is 65.1 Å². The molecule has 1 saturated heterocycles. The van der Waals surface area contributed by atoms with Crippen LogP contribution in [0.15, 0.2) is 33.9 Å². The second kappa shape index (κ2) is 7.37. The van der Waals surface area contributed by atoms with Crippen LogP contribution in [0.3, 0.4) is 0 Å². The first-order valence-corrected chi connectivity index (χ1v) is 10.3. The van der Waals surface area contributed by atoms with Gasteiger partial charge in [-0.15, -0.1) is 0 Å². The molecule has 0 saturated carbocycles. The van der Waals surface area contributed by atoms with E-state index in [2.05, 4.69) is 18.7 Å². The summed E-state index contributed by atoms with van der Waals surface area (Å²) in [7, 11) is 3.16. The summed E-state index contributed by atoms with van der Waals surface area (Å²) in [6.07, 6.45) is 1.17. The van der Waals surface area contributed by atoms with E-state index in [1.165, 1.54) is 18.0 Å². The Hall–Kier alpha value is -2.54. The average molecular weight is 416 g/mol. The summed E-state index contributed by atoms with van der Waals surface area (Å²) in [6, 6.07) is 7.61. The number of anilines is 1. The minimum absolute atomic E-state index is 0.341. The molecule has 3 aromatic rings. The molecule has 1 aromatic carbocycles. The minimum atomic E-state index is -0.378. The number of benzene rings is 1. The third kappa shape index (κ3) is 3.37. The molecule has 154 valence electrons. The number of rotatable bonds is 3. The fraction of sp³-hybridized carbons (Fsp3) is 0.476. The Kier molecular flexibility index (Phi) is 5.02. The maximum atomic E-state index is 13.1. The summed E-state index contributed by atoms with van der Waals surface area (Å²) < 4.78 is 4.50. The number of piperidine rings is 1. The SMILES string of the molecule is C[C@H]1C[C@H](C)CN(c2nc3c(c(=O)n(C)c(=O)n3C)n2Cc2ccccc2Cl)C1. The van der Waals surface area contributed by atoms with Crippen molar-refractivity contribution >= 4 is 28.7 Å². The average Bonchev–Trinajstić information content (AvgIpc) is 3.05. The highest BCUT2D eigenvalue weighted by Crippen LogP contribution is 2.29. The number of hydrogen-bond acceptors (Lipinski definition) is 4. The molecule has 1 aliphatic heterocycles. The van der Waals surface area contributed by atoms with Crippen molar-refractivity contribution in [2.24, 2.45) is 25.9 Å². The maximum absolute atomic E-state index is 13.1. The molecule has 0 N–H and O–H groups in total. The molecular formula is C21H26ClN5O2. The zero-order valence-electron chi connectivity index (χ0n) is 17.2. The number of aromatic nitrogens is 4. The predicted molar refractivity (Wildman–Crippen MR) is 116 cm³/mol. The second-order valence-corrected chi connectivity index (χ2v) is 8.73. The van der Waals surface area contributed by atoms with Crippen molar-refractivity contribution in [2.75, 3.05) is 18.0 Å². The first-order valence-electron chi connectivity index (χ1n) is 9.92. The standard InChI is InChI=1S/C21H26ClN5O2/c1-13-9-14(2)11-26(10-13)20-23-18-17(19(28)25(4)21(29)24(18)3)27(20)12-15-7-5-6-8-16(15)22/h5-8,13-14H,9-12H2,1-4H3/t13-,14-/m0/s1. The summed E-state index contributed by atoms with van der Waals surface area (Å²) in [5.41, 5.74) is 1.02. The van der Waals surface area contributed by atoms with Crippen LogP contribution in [0.1, 0.15) is 25.8 Å². The predicted octanol–water partition coefficient (Wildman–Crippen LogP) is 2.62. The van der Waals surface area contributed by atoms with Gasteiger partial charge >= 0.3 is 5.69 Å². The molecule has 2 aromatic heterocycles. The van der Waals surface area contributed by atoms with E-state index in [1.807, 2.05) is 28.8 Å².